The number of hydrazine groups is 1. The zero-order valence-electron chi connectivity index (χ0n) is 10.5. The molecule has 0 aliphatic carbocycles. The minimum atomic E-state index is -1.51. The van der Waals surface area contributed by atoms with Crippen molar-refractivity contribution in [2.75, 3.05) is 0 Å². The molecule has 2 rings (SSSR count). The van der Waals surface area contributed by atoms with Gasteiger partial charge in [-0.2, -0.15) is 5.10 Å². The van der Waals surface area contributed by atoms with Crippen molar-refractivity contribution in [1.82, 2.24) is 15.2 Å². The number of nitrogens with zero attached hydrogens (tertiary/aromatic N) is 2. The standard InChI is InChI=1S/C12H12BrF3N4/c1-2-20-12(7(13)5-18-20)11(19-17)6-3-8(14)10(16)9(15)4-6/h3-5,11,19H,2,17H2,1H3. The molecule has 1 unspecified atom stereocenters. The van der Waals surface area contributed by atoms with E-state index in [-0.39, 0.29) is 5.56 Å². The summed E-state index contributed by atoms with van der Waals surface area (Å²) in [5.74, 6) is 1.44. The van der Waals surface area contributed by atoms with Gasteiger partial charge in [0.25, 0.3) is 0 Å². The van der Waals surface area contributed by atoms with Gasteiger partial charge in [-0.25, -0.2) is 18.6 Å². The Morgan fingerprint density at radius 1 is 1.35 bits per heavy atom. The molecule has 3 N–H and O–H groups in total. The molecule has 0 aliphatic rings. The van der Waals surface area contributed by atoms with Gasteiger partial charge in [0.1, 0.15) is 0 Å². The molecule has 0 radical (unpaired) electrons. The van der Waals surface area contributed by atoms with Crippen molar-refractivity contribution in [2.24, 2.45) is 5.84 Å². The highest BCUT2D eigenvalue weighted by Gasteiger charge is 2.23. The lowest BCUT2D eigenvalue weighted by atomic mass is 10.0. The van der Waals surface area contributed by atoms with Crippen molar-refractivity contribution in [3.63, 3.8) is 0 Å². The van der Waals surface area contributed by atoms with Gasteiger partial charge < -0.3 is 0 Å². The summed E-state index contributed by atoms with van der Waals surface area (Å²) in [5, 5.41) is 4.10. The minimum Gasteiger partial charge on any atom is -0.271 e. The molecular formula is C12H12BrF3N4. The first-order chi connectivity index (χ1) is 9.49. The SMILES string of the molecule is CCn1ncc(Br)c1C(NN)c1cc(F)c(F)c(F)c1. The molecule has 0 saturated heterocycles. The molecule has 0 amide bonds. The molecule has 0 bridgehead atoms. The third-order valence-electron chi connectivity index (χ3n) is 2.91. The summed E-state index contributed by atoms with van der Waals surface area (Å²) in [6.07, 6.45) is 1.55. The Morgan fingerprint density at radius 2 is 1.95 bits per heavy atom. The van der Waals surface area contributed by atoms with Crippen LogP contribution in [0.2, 0.25) is 0 Å². The Kier molecular flexibility index (Phi) is 4.46. The second-order valence-corrected chi connectivity index (χ2v) is 4.95. The van der Waals surface area contributed by atoms with E-state index in [4.69, 9.17) is 5.84 Å². The molecule has 0 saturated carbocycles. The molecule has 108 valence electrons. The fourth-order valence-corrected chi connectivity index (χ4v) is 2.51. The predicted molar refractivity (Wildman–Crippen MR) is 71.1 cm³/mol. The average Bonchev–Trinajstić information content (AvgIpc) is 2.78. The molecule has 0 fully saturated rings. The van der Waals surface area contributed by atoms with Crippen LogP contribution in [0.1, 0.15) is 24.2 Å². The Bertz CT molecular complexity index is 606. The fourth-order valence-electron chi connectivity index (χ4n) is 1.99. The highest BCUT2D eigenvalue weighted by molar-refractivity contribution is 9.10. The first-order valence-corrected chi connectivity index (χ1v) is 6.60. The van der Waals surface area contributed by atoms with E-state index >= 15 is 0 Å². The number of halogens is 4. The molecule has 4 nitrogen and oxygen atoms in total. The second-order valence-electron chi connectivity index (χ2n) is 4.09. The molecule has 1 heterocycles. The molecule has 1 atom stereocenters. The van der Waals surface area contributed by atoms with E-state index in [2.05, 4.69) is 26.5 Å². The Labute approximate surface area is 121 Å². The van der Waals surface area contributed by atoms with E-state index in [1.165, 1.54) is 0 Å². The molecule has 20 heavy (non-hydrogen) atoms. The molecular weight excluding hydrogens is 337 g/mol. The predicted octanol–water partition coefficient (Wildman–Crippen LogP) is 2.64. The summed E-state index contributed by atoms with van der Waals surface area (Å²) < 4.78 is 42.0. The number of nitrogens with two attached hydrogens (primary N) is 1. The lowest BCUT2D eigenvalue weighted by molar-refractivity contribution is 0.441. The van der Waals surface area contributed by atoms with Gasteiger partial charge >= 0.3 is 0 Å². The zero-order chi connectivity index (χ0) is 14.9. The third kappa shape index (κ3) is 2.58. The van der Waals surface area contributed by atoms with Crippen LogP contribution in [0.3, 0.4) is 0 Å². The highest BCUT2D eigenvalue weighted by Crippen LogP contribution is 2.29. The van der Waals surface area contributed by atoms with Gasteiger partial charge in [-0.05, 0) is 40.5 Å². The van der Waals surface area contributed by atoms with E-state index in [0.29, 0.717) is 16.7 Å². The molecule has 0 spiro atoms. The van der Waals surface area contributed by atoms with Crippen LogP contribution in [-0.2, 0) is 6.54 Å². The molecule has 1 aromatic heterocycles. The van der Waals surface area contributed by atoms with Gasteiger partial charge in [0.05, 0.1) is 22.4 Å². The quantitative estimate of drug-likeness (QED) is 0.507. The van der Waals surface area contributed by atoms with Crippen molar-refractivity contribution < 1.29 is 13.2 Å². The number of hydrogen-bond donors (Lipinski definition) is 2. The summed E-state index contributed by atoms with van der Waals surface area (Å²) in [7, 11) is 0. The van der Waals surface area contributed by atoms with E-state index in [1.54, 1.807) is 10.9 Å². The van der Waals surface area contributed by atoms with E-state index in [9.17, 15) is 13.2 Å². The van der Waals surface area contributed by atoms with Gasteiger partial charge in [0.2, 0.25) is 0 Å². The lowest BCUT2D eigenvalue weighted by Crippen LogP contribution is -2.31. The fraction of sp³-hybridized carbons (Fsp3) is 0.250. The van der Waals surface area contributed by atoms with Crippen LogP contribution in [0.5, 0.6) is 0 Å². The Hall–Kier alpha value is -1.38. The van der Waals surface area contributed by atoms with Crippen LogP contribution in [0.4, 0.5) is 13.2 Å². The van der Waals surface area contributed by atoms with Crippen LogP contribution in [0, 0.1) is 17.5 Å². The first-order valence-electron chi connectivity index (χ1n) is 5.81. The van der Waals surface area contributed by atoms with Crippen LogP contribution < -0.4 is 11.3 Å². The molecule has 2 aromatic rings. The van der Waals surface area contributed by atoms with Crippen molar-refractivity contribution in [3.8, 4) is 0 Å². The number of hydrogen-bond acceptors (Lipinski definition) is 3. The normalized spacial score (nSPS) is 12.7. The third-order valence-corrected chi connectivity index (χ3v) is 3.52. The van der Waals surface area contributed by atoms with Gasteiger partial charge in [0.15, 0.2) is 17.5 Å². The Morgan fingerprint density at radius 3 is 2.45 bits per heavy atom. The van der Waals surface area contributed by atoms with Crippen LogP contribution in [0.15, 0.2) is 22.8 Å². The van der Waals surface area contributed by atoms with Crippen molar-refractivity contribution in [2.45, 2.75) is 19.5 Å². The molecule has 8 heteroatoms. The average molecular weight is 349 g/mol. The summed E-state index contributed by atoms with van der Waals surface area (Å²) in [4.78, 5) is 0. The topological polar surface area (TPSA) is 55.9 Å². The van der Waals surface area contributed by atoms with Crippen LogP contribution in [0.25, 0.3) is 0 Å². The number of rotatable bonds is 4. The number of aromatic nitrogens is 2. The number of benzene rings is 1. The molecule has 1 aromatic carbocycles. The van der Waals surface area contributed by atoms with Crippen molar-refractivity contribution in [1.29, 1.82) is 0 Å². The second kappa shape index (κ2) is 5.94. The summed E-state index contributed by atoms with van der Waals surface area (Å²) in [6.45, 7) is 2.41. The maximum atomic E-state index is 13.3. The van der Waals surface area contributed by atoms with E-state index < -0.39 is 23.5 Å². The van der Waals surface area contributed by atoms with E-state index in [0.717, 1.165) is 12.1 Å². The zero-order valence-corrected chi connectivity index (χ0v) is 12.1. The van der Waals surface area contributed by atoms with Gasteiger partial charge in [-0.3, -0.25) is 10.5 Å². The number of aryl methyl sites for hydroxylation is 1. The van der Waals surface area contributed by atoms with Crippen LogP contribution >= 0.6 is 15.9 Å². The van der Waals surface area contributed by atoms with Gasteiger partial charge in [-0.1, -0.05) is 0 Å². The Balaban J connectivity index is 2.55. The number of nitrogens with one attached hydrogen (secondary N) is 1. The van der Waals surface area contributed by atoms with Crippen LogP contribution in [-0.4, -0.2) is 9.78 Å². The summed E-state index contributed by atoms with van der Waals surface area (Å²) in [5.41, 5.74) is 3.23. The lowest BCUT2D eigenvalue weighted by Gasteiger charge is -2.19. The smallest absolute Gasteiger partial charge is 0.194 e. The largest absolute Gasteiger partial charge is 0.271 e. The van der Waals surface area contributed by atoms with Gasteiger partial charge in [0, 0.05) is 6.54 Å². The summed E-state index contributed by atoms with van der Waals surface area (Å²) in [6, 6.07) is 1.08. The van der Waals surface area contributed by atoms with Crippen molar-refractivity contribution in [3.05, 3.63) is 51.5 Å². The minimum absolute atomic E-state index is 0.166. The van der Waals surface area contributed by atoms with Crippen molar-refractivity contribution >= 4 is 15.9 Å². The summed E-state index contributed by atoms with van der Waals surface area (Å²) >= 11 is 3.31. The highest BCUT2D eigenvalue weighted by atomic mass is 79.9. The monoisotopic (exact) mass is 348 g/mol. The molecule has 0 aliphatic heterocycles. The van der Waals surface area contributed by atoms with Gasteiger partial charge in [-0.15, -0.1) is 0 Å². The maximum absolute atomic E-state index is 13.3. The first kappa shape index (κ1) is 15.0. The van der Waals surface area contributed by atoms with E-state index in [1.807, 2.05) is 6.92 Å². The maximum Gasteiger partial charge on any atom is 0.194 e.